The van der Waals surface area contributed by atoms with Gasteiger partial charge in [-0.05, 0) is 17.7 Å². The van der Waals surface area contributed by atoms with Gasteiger partial charge >= 0.3 is 0 Å². The first-order valence-electron chi connectivity index (χ1n) is 5.90. The van der Waals surface area contributed by atoms with E-state index in [1.165, 1.54) is 0 Å². The summed E-state index contributed by atoms with van der Waals surface area (Å²) in [5.74, 6) is 0. The van der Waals surface area contributed by atoms with Crippen molar-refractivity contribution in [2.24, 2.45) is 0 Å². The Labute approximate surface area is 115 Å². The molecule has 2 nitrogen and oxygen atoms in total. The van der Waals surface area contributed by atoms with Crippen molar-refractivity contribution in [2.45, 2.75) is 12.4 Å². The summed E-state index contributed by atoms with van der Waals surface area (Å²) >= 11 is 3.42. The lowest BCUT2D eigenvalue weighted by Crippen LogP contribution is -2.00. The second-order valence-corrected chi connectivity index (χ2v) is 5.17. The first-order valence-corrected chi connectivity index (χ1v) is 6.70. The van der Waals surface area contributed by atoms with Gasteiger partial charge in [0.1, 0.15) is 6.10 Å². The first-order chi connectivity index (χ1) is 8.83. The molecule has 2 aromatic rings. The van der Waals surface area contributed by atoms with Gasteiger partial charge in [0.15, 0.2) is 6.29 Å². The van der Waals surface area contributed by atoms with E-state index in [1.54, 1.807) is 0 Å². The Balaban J connectivity index is 1.74. The second-order valence-electron chi connectivity index (χ2n) is 4.25. The van der Waals surface area contributed by atoms with Crippen LogP contribution in [0.5, 0.6) is 0 Å². The van der Waals surface area contributed by atoms with Crippen molar-refractivity contribution in [3.05, 3.63) is 70.2 Å². The van der Waals surface area contributed by atoms with Crippen LogP contribution in [0.3, 0.4) is 0 Å². The average Bonchev–Trinajstić information content (AvgIpc) is 2.90. The lowest BCUT2D eigenvalue weighted by atomic mass is 10.1. The van der Waals surface area contributed by atoms with Crippen LogP contribution in [0, 0.1) is 0 Å². The fraction of sp³-hybridized carbons (Fsp3) is 0.200. The molecule has 1 fully saturated rings. The molecule has 1 heterocycles. The van der Waals surface area contributed by atoms with Crippen molar-refractivity contribution in [3.63, 3.8) is 0 Å². The zero-order valence-corrected chi connectivity index (χ0v) is 11.3. The van der Waals surface area contributed by atoms with Gasteiger partial charge in [-0.15, -0.1) is 0 Å². The standard InChI is InChI=1S/C15H13BrO2/c16-13-8-6-12(7-9-13)15-17-10-14(18-15)11-4-2-1-3-5-11/h1-9,14-15H,10H2/t14-,15-/m1/s1. The van der Waals surface area contributed by atoms with Gasteiger partial charge < -0.3 is 9.47 Å². The summed E-state index contributed by atoms with van der Waals surface area (Å²) in [5, 5.41) is 0. The molecule has 2 atom stereocenters. The molecular formula is C15H13BrO2. The van der Waals surface area contributed by atoms with Gasteiger partial charge in [0.25, 0.3) is 0 Å². The van der Waals surface area contributed by atoms with Crippen LogP contribution in [0.2, 0.25) is 0 Å². The summed E-state index contributed by atoms with van der Waals surface area (Å²) in [5.41, 5.74) is 2.22. The van der Waals surface area contributed by atoms with Crippen molar-refractivity contribution in [1.29, 1.82) is 0 Å². The molecule has 0 aliphatic carbocycles. The Morgan fingerprint density at radius 3 is 2.33 bits per heavy atom. The molecule has 0 unspecified atom stereocenters. The Morgan fingerprint density at radius 2 is 1.61 bits per heavy atom. The molecule has 1 aliphatic rings. The van der Waals surface area contributed by atoms with Crippen molar-refractivity contribution in [2.75, 3.05) is 6.61 Å². The molecule has 0 radical (unpaired) electrons. The van der Waals surface area contributed by atoms with Crippen LogP contribution in [0.25, 0.3) is 0 Å². The minimum Gasteiger partial charge on any atom is -0.345 e. The van der Waals surface area contributed by atoms with E-state index >= 15 is 0 Å². The van der Waals surface area contributed by atoms with Gasteiger partial charge in [-0.1, -0.05) is 58.4 Å². The van der Waals surface area contributed by atoms with Gasteiger partial charge in [-0.25, -0.2) is 0 Å². The Morgan fingerprint density at radius 1 is 0.889 bits per heavy atom. The van der Waals surface area contributed by atoms with Crippen molar-refractivity contribution in [3.8, 4) is 0 Å². The minimum atomic E-state index is -0.261. The molecule has 92 valence electrons. The van der Waals surface area contributed by atoms with Gasteiger partial charge in [0.2, 0.25) is 0 Å². The van der Waals surface area contributed by atoms with E-state index in [2.05, 4.69) is 28.1 Å². The van der Waals surface area contributed by atoms with Crippen LogP contribution < -0.4 is 0 Å². The maximum atomic E-state index is 5.94. The number of rotatable bonds is 2. The Hall–Kier alpha value is -1.16. The number of hydrogen-bond donors (Lipinski definition) is 0. The molecule has 0 spiro atoms. The highest BCUT2D eigenvalue weighted by molar-refractivity contribution is 9.10. The highest BCUT2D eigenvalue weighted by Crippen LogP contribution is 2.35. The maximum Gasteiger partial charge on any atom is 0.184 e. The smallest absolute Gasteiger partial charge is 0.184 e. The molecule has 3 rings (SSSR count). The van der Waals surface area contributed by atoms with Crippen molar-refractivity contribution >= 4 is 15.9 Å². The summed E-state index contributed by atoms with van der Waals surface area (Å²) in [4.78, 5) is 0. The third-order valence-electron chi connectivity index (χ3n) is 3.00. The van der Waals surface area contributed by atoms with Gasteiger partial charge in [0.05, 0.1) is 6.61 Å². The number of halogens is 1. The highest BCUT2D eigenvalue weighted by Gasteiger charge is 2.28. The van der Waals surface area contributed by atoms with E-state index in [9.17, 15) is 0 Å². The molecule has 1 saturated heterocycles. The predicted molar refractivity (Wildman–Crippen MR) is 73.1 cm³/mol. The van der Waals surface area contributed by atoms with E-state index in [0.29, 0.717) is 6.61 Å². The molecule has 0 bridgehead atoms. The zero-order valence-electron chi connectivity index (χ0n) is 9.75. The Bertz CT molecular complexity index is 510. The molecule has 18 heavy (non-hydrogen) atoms. The lowest BCUT2D eigenvalue weighted by Gasteiger charge is -2.12. The van der Waals surface area contributed by atoms with Gasteiger partial charge in [-0.3, -0.25) is 0 Å². The number of hydrogen-bond acceptors (Lipinski definition) is 2. The van der Waals surface area contributed by atoms with E-state index < -0.39 is 0 Å². The van der Waals surface area contributed by atoms with Crippen LogP contribution in [0.15, 0.2) is 59.1 Å². The van der Waals surface area contributed by atoms with Crippen LogP contribution >= 0.6 is 15.9 Å². The predicted octanol–water partition coefficient (Wildman–Crippen LogP) is 4.24. The Kier molecular flexibility index (Phi) is 3.46. The molecule has 2 aromatic carbocycles. The largest absolute Gasteiger partial charge is 0.345 e. The third kappa shape index (κ3) is 2.48. The van der Waals surface area contributed by atoms with E-state index in [-0.39, 0.29) is 12.4 Å². The molecule has 0 aromatic heterocycles. The number of ether oxygens (including phenoxy) is 2. The quantitative estimate of drug-likeness (QED) is 0.826. The second kappa shape index (κ2) is 5.22. The van der Waals surface area contributed by atoms with E-state index in [1.807, 2.05) is 42.5 Å². The fourth-order valence-corrected chi connectivity index (χ4v) is 2.30. The molecule has 3 heteroatoms. The molecule has 0 N–H and O–H groups in total. The van der Waals surface area contributed by atoms with Crippen LogP contribution in [0.1, 0.15) is 23.5 Å². The maximum absolute atomic E-state index is 5.94. The molecular weight excluding hydrogens is 292 g/mol. The summed E-state index contributed by atoms with van der Waals surface area (Å²) in [6.07, 6.45) is -0.233. The third-order valence-corrected chi connectivity index (χ3v) is 3.53. The van der Waals surface area contributed by atoms with Gasteiger partial charge in [0, 0.05) is 10.0 Å². The average molecular weight is 305 g/mol. The topological polar surface area (TPSA) is 18.5 Å². The summed E-state index contributed by atoms with van der Waals surface area (Å²) < 4.78 is 12.7. The SMILES string of the molecule is Brc1ccc([C@@H]2OC[C@H](c3ccccc3)O2)cc1. The lowest BCUT2D eigenvalue weighted by molar-refractivity contribution is -0.0607. The first kappa shape index (κ1) is 11.9. The van der Waals surface area contributed by atoms with Crippen LogP contribution in [-0.4, -0.2) is 6.61 Å². The highest BCUT2D eigenvalue weighted by atomic mass is 79.9. The van der Waals surface area contributed by atoms with E-state index in [0.717, 1.165) is 15.6 Å². The van der Waals surface area contributed by atoms with E-state index in [4.69, 9.17) is 9.47 Å². The fourth-order valence-electron chi connectivity index (χ4n) is 2.04. The minimum absolute atomic E-state index is 0.0276. The van der Waals surface area contributed by atoms with Crippen molar-refractivity contribution < 1.29 is 9.47 Å². The van der Waals surface area contributed by atoms with Crippen molar-refractivity contribution in [1.82, 2.24) is 0 Å². The molecule has 0 amide bonds. The van der Waals surface area contributed by atoms with Gasteiger partial charge in [-0.2, -0.15) is 0 Å². The number of benzene rings is 2. The molecule has 0 saturated carbocycles. The zero-order chi connectivity index (χ0) is 12.4. The van der Waals surface area contributed by atoms with Crippen LogP contribution in [-0.2, 0) is 9.47 Å². The summed E-state index contributed by atoms with van der Waals surface area (Å²) in [6, 6.07) is 18.2. The summed E-state index contributed by atoms with van der Waals surface area (Å²) in [7, 11) is 0. The van der Waals surface area contributed by atoms with Crippen LogP contribution in [0.4, 0.5) is 0 Å². The normalized spacial score (nSPS) is 23.2. The monoisotopic (exact) mass is 304 g/mol. The summed E-state index contributed by atoms with van der Waals surface area (Å²) in [6.45, 7) is 0.602. The molecule has 1 aliphatic heterocycles.